The predicted molar refractivity (Wildman–Crippen MR) is 259 cm³/mol. The van der Waals surface area contributed by atoms with Gasteiger partial charge in [-0.15, -0.1) is 0 Å². The highest BCUT2D eigenvalue weighted by Crippen LogP contribution is 2.20. The van der Waals surface area contributed by atoms with Crippen LogP contribution in [-0.2, 0) is 68.0 Å². The molecule has 0 aliphatic rings. The van der Waals surface area contributed by atoms with Crippen LogP contribution in [0.15, 0.2) is 85.1 Å². The third-order valence-electron chi connectivity index (χ3n) is 10.6. The highest BCUT2D eigenvalue weighted by Gasteiger charge is 2.35. The molecule has 0 aliphatic carbocycles. The molecule has 5 atom stereocenters. The van der Waals surface area contributed by atoms with Crippen LogP contribution in [0.25, 0.3) is 10.9 Å². The van der Waals surface area contributed by atoms with Gasteiger partial charge in [0.1, 0.15) is 36.0 Å². The zero-order chi connectivity index (χ0) is 50.7. The summed E-state index contributed by atoms with van der Waals surface area (Å²) in [4.78, 5) is 111. The van der Waals surface area contributed by atoms with Gasteiger partial charge >= 0.3 is 16.4 Å². The van der Waals surface area contributed by atoms with Gasteiger partial charge in [-0.1, -0.05) is 60.7 Å². The number of aromatic amines is 1. The predicted octanol–water partition coefficient (Wildman–Crippen LogP) is 0.726. The van der Waals surface area contributed by atoms with Crippen LogP contribution in [-0.4, -0.2) is 143 Å². The van der Waals surface area contributed by atoms with E-state index in [0.29, 0.717) is 28.2 Å². The van der Waals surface area contributed by atoms with Crippen molar-refractivity contribution in [3.8, 4) is 5.75 Å². The average molecular weight is 1010 g/mol. The maximum absolute atomic E-state index is 14.3. The number of primary amides is 1. The van der Waals surface area contributed by atoms with E-state index in [2.05, 4.69) is 35.8 Å². The van der Waals surface area contributed by atoms with Crippen molar-refractivity contribution in [2.75, 3.05) is 37.6 Å². The molecule has 1 aromatic heterocycles. The monoisotopic (exact) mass is 1010 g/mol. The Kier molecular flexibility index (Phi) is 21.3. The van der Waals surface area contributed by atoms with Gasteiger partial charge in [-0.2, -0.15) is 31.9 Å². The van der Waals surface area contributed by atoms with Crippen LogP contribution in [0.4, 0.5) is 0 Å². The quantitative estimate of drug-likeness (QED) is 0.0354. The van der Waals surface area contributed by atoms with E-state index >= 15 is 0 Å². The number of amides is 7. The van der Waals surface area contributed by atoms with E-state index in [1.165, 1.54) is 54.8 Å². The number of carbonyl (C=O) groups excluding carboxylic acids is 7. The summed E-state index contributed by atoms with van der Waals surface area (Å²) in [5, 5.41) is 23.4. The number of thioether (sulfide) groups is 2. The van der Waals surface area contributed by atoms with E-state index < -0.39 is 101 Å². The first-order valence-corrected chi connectivity index (χ1v) is 25.5. The topological polar surface area (TPSA) is 326 Å². The second-order valence-electron chi connectivity index (χ2n) is 15.7. The molecule has 0 fully saturated rings. The number of aliphatic carboxylic acids is 1. The van der Waals surface area contributed by atoms with Crippen molar-refractivity contribution < 1.29 is 60.6 Å². The van der Waals surface area contributed by atoms with Crippen molar-refractivity contribution in [2.24, 2.45) is 5.73 Å². The Bertz CT molecular complexity index is 2550. The van der Waals surface area contributed by atoms with E-state index in [1.807, 2.05) is 12.1 Å². The molecule has 372 valence electrons. The molecule has 0 bridgehead atoms. The highest BCUT2D eigenvalue weighted by molar-refractivity contribution is 7.98. The Hall–Kier alpha value is -6.63. The minimum Gasteiger partial charge on any atom is -0.481 e. The molecule has 4 aromatic rings. The number of hydrogen-bond donors (Lipinski definition) is 9. The number of H-pyrrole nitrogens is 1. The van der Waals surface area contributed by atoms with Gasteiger partial charge in [0.15, 0.2) is 0 Å². The van der Waals surface area contributed by atoms with E-state index in [4.69, 9.17) is 10.3 Å². The lowest BCUT2D eigenvalue weighted by molar-refractivity contribution is -0.145. The molecule has 0 saturated heterocycles. The highest BCUT2D eigenvalue weighted by atomic mass is 32.3. The standard InChI is InChI=1S/C45H56N8O13S3/c1-53(37(41(46)58)21-27-9-5-4-6-10-27)45(62)36(24-40(56)57)52-43(60)34(18-20-68-3)51-44(61)35(23-29-25-47-32-12-8-7-11-31(29)32)50-39(55)26-48-42(59)33(17-19-67-2)49-38(54)22-28-13-15-30(16-14-28)66-69(63,64)65/h4-16,25,33-37,47H,17-24,26H2,1-3H3,(H2,46,58)(H,48,59)(H,49,54)(H,50,55)(H,51,61)(H,52,60)(H,56,57)(H,63,64,65)/t33-,34-,35-,36-,37-/m0/s1. The molecule has 0 aliphatic heterocycles. The first kappa shape index (κ1) is 55.0. The molecule has 69 heavy (non-hydrogen) atoms. The van der Waals surface area contributed by atoms with Crippen LogP contribution in [0.5, 0.6) is 5.75 Å². The first-order chi connectivity index (χ1) is 32.8. The van der Waals surface area contributed by atoms with Gasteiger partial charge in [-0.3, -0.25) is 42.9 Å². The minimum absolute atomic E-state index is 0.0144. The van der Waals surface area contributed by atoms with E-state index in [-0.39, 0.29) is 37.9 Å². The van der Waals surface area contributed by atoms with Crippen LogP contribution < -0.4 is 36.5 Å². The van der Waals surface area contributed by atoms with Crippen LogP contribution >= 0.6 is 23.5 Å². The number of carbonyl (C=O) groups is 8. The SMILES string of the molecule is CSCC[C@H](NC(=O)Cc1ccc(OS(=O)(=O)O)cc1)C(=O)NCC(=O)N[C@@H](Cc1c[nH]c2ccccc12)C(=O)N[C@@H](CCSC)C(=O)N[C@@H](CC(=O)O)C(=O)N(C)[C@@H](Cc1ccccc1)C(N)=O. The molecule has 0 radical (unpaired) electrons. The van der Waals surface area contributed by atoms with Crippen LogP contribution in [0.2, 0.25) is 0 Å². The number of nitrogens with zero attached hydrogens (tertiary/aromatic N) is 1. The fraction of sp³-hybridized carbons (Fsp3) is 0.378. The zero-order valence-electron chi connectivity index (χ0n) is 38.0. The zero-order valence-corrected chi connectivity index (χ0v) is 40.4. The number of rotatable bonds is 28. The van der Waals surface area contributed by atoms with Crippen LogP contribution in [0.1, 0.15) is 36.0 Å². The van der Waals surface area contributed by atoms with E-state index in [1.54, 1.807) is 61.2 Å². The Labute approximate surface area is 407 Å². The number of nitrogens with two attached hydrogens (primary N) is 1. The Morgan fingerprint density at radius 1 is 0.725 bits per heavy atom. The molecule has 1 heterocycles. The number of aromatic nitrogens is 1. The second-order valence-corrected chi connectivity index (χ2v) is 18.7. The van der Waals surface area contributed by atoms with Gasteiger partial charge < -0.3 is 51.5 Å². The molecule has 10 N–H and O–H groups in total. The molecule has 0 saturated carbocycles. The average Bonchev–Trinajstić information content (AvgIpc) is 3.71. The lowest BCUT2D eigenvalue weighted by Crippen LogP contribution is -2.59. The normalized spacial score (nSPS) is 13.4. The van der Waals surface area contributed by atoms with Crippen molar-refractivity contribution >= 4 is 92.1 Å². The summed E-state index contributed by atoms with van der Waals surface area (Å²) in [6.07, 6.45) is 4.26. The summed E-state index contributed by atoms with van der Waals surface area (Å²) in [7, 11) is -3.48. The Balaban J connectivity index is 1.50. The van der Waals surface area contributed by atoms with Crippen LogP contribution in [0.3, 0.4) is 0 Å². The smallest absolute Gasteiger partial charge is 0.446 e. The number of benzene rings is 3. The van der Waals surface area contributed by atoms with Gasteiger partial charge in [0, 0.05) is 37.0 Å². The summed E-state index contributed by atoms with van der Waals surface area (Å²) < 4.78 is 35.3. The number of carboxylic acid groups (broad SMARTS) is 1. The van der Waals surface area contributed by atoms with Gasteiger partial charge in [0.2, 0.25) is 41.4 Å². The number of nitrogens with one attached hydrogen (secondary N) is 6. The lowest BCUT2D eigenvalue weighted by Gasteiger charge is -2.30. The molecule has 21 nitrogen and oxygen atoms in total. The molecule has 0 unspecified atom stereocenters. The summed E-state index contributed by atoms with van der Waals surface area (Å²) in [6, 6.07) is 14.5. The first-order valence-electron chi connectivity index (χ1n) is 21.4. The maximum atomic E-state index is 14.3. The number of para-hydroxylation sites is 1. The molecule has 4 rings (SSSR count). The number of likely N-dealkylation sites (N-methyl/N-ethyl adjacent to an activating group) is 1. The fourth-order valence-electron chi connectivity index (χ4n) is 7.07. The summed E-state index contributed by atoms with van der Waals surface area (Å²) >= 11 is 2.76. The van der Waals surface area contributed by atoms with Gasteiger partial charge in [-0.25, -0.2) is 0 Å². The maximum Gasteiger partial charge on any atom is 0.446 e. The fourth-order valence-corrected chi connectivity index (χ4v) is 8.37. The van der Waals surface area contributed by atoms with Gasteiger partial charge in [0.25, 0.3) is 0 Å². The number of hydrogen-bond acceptors (Lipinski definition) is 13. The minimum atomic E-state index is -4.75. The number of fused-ring (bicyclic) bond motifs is 1. The largest absolute Gasteiger partial charge is 0.481 e. The third kappa shape index (κ3) is 18.1. The van der Waals surface area contributed by atoms with Crippen molar-refractivity contribution in [3.05, 3.63) is 102 Å². The van der Waals surface area contributed by atoms with Crippen molar-refractivity contribution in [3.63, 3.8) is 0 Å². The number of carboxylic acids is 1. The van der Waals surface area contributed by atoms with Crippen LogP contribution in [0, 0.1) is 0 Å². The molecule has 3 aromatic carbocycles. The van der Waals surface area contributed by atoms with Crippen molar-refractivity contribution in [1.82, 2.24) is 36.5 Å². The van der Waals surface area contributed by atoms with Gasteiger partial charge in [0.05, 0.1) is 19.4 Å². The molecular weight excluding hydrogens is 957 g/mol. The Morgan fingerprint density at radius 2 is 1.30 bits per heavy atom. The van der Waals surface area contributed by atoms with Gasteiger partial charge in [-0.05, 0) is 71.7 Å². The lowest BCUT2D eigenvalue weighted by atomic mass is 10.0. The third-order valence-corrected chi connectivity index (χ3v) is 12.3. The molecule has 24 heteroatoms. The van der Waals surface area contributed by atoms with E-state index in [0.717, 1.165) is 15.8 Å². The van der Waals surface area contributed by atoms with Crippen molar-refractivity contribution in [1.29, 1.82) is 0 Å². The van der Waals surface area contributed by atoms with Crippen molar-refractivity contribution in [2.45, 2.75) is 68.7 Å². The summed E-state index contributed by atoms with van der Waals surface area (Å²) in [5.74, 6) is -6.41. The Morgan fingerprint density at radius 3 is 1.91 bits per heavy atom. The summed E-state index contributed by atoms with van der Waals surface area (Å²) in [5.41, 5.74) is 8.14. The molecule has 0 spiro atoms. The van der Waals surface area contributed by atoms with E-state index in [9.17, 15) is 51.9 Å². The second kappa shape index (κ2) is 26.8. The molecule has 7 amide bonds. The summed E-state index contributed by atoms with van der Waals surface area (Å²) in [6.45, 7) is -0.628. The molecular formula is C45H56N8O13S3.